The van der Waals surface area contributed by atoms with Crippen LogP contribution in [0, 0.1) is 16.7 Å². The van der Waals surface area contributed by atoms with Gasteiger partial charge in [0.15, 0.2) is 0 Å². The van der Waals surface area contributed by atoms with Gasteiger partial charge in [0.1, 0.15) is 11.8 Å². The molecule has 0 aliphatic carbocycles. The van der Waals surface area contributed by atoms with Crippen LogP contribution in [0.1, 0.15) is 31.0 Å². The molecule has 92 valence electrons. The van der Waals surface area contributed by atoms with Crippen molar-refractivity contribution in [3.63, 3.8) is 0 Å². The molecule has 0 saturated heterocycles. The molecule has 1 rings (SSSR count). The monoisotopic (exact) mass is 298 g/mol. The van der Waals surface area contributed by atoms with Gasteiger partial charge in [0.05, 0.1) is 5.56 Å². The van der Waals surface area contributed by atoms with E-state index in [1.807, 2.05) is 6.07 Å². The van der Waals surface area contributed by atoms with Crippen molar-refractivity contribution in [3.8, 4) is 11.8 Å². The summed E-state index contributed by atoms with van der Waals surface area (Å²) in [5, 5.41) is 28.1. The van der Waals surface area contributed by atoms with Crippen molar-refractivity contribution in [2.24, 2.45) is 11.1 Å². The number of benzene rings is 1. The number of phenols is 1. The maximum atomic E-state index is 9.98. The second-order valence-corrected chi connectivity index (χ2v) is 5.45. The second-order valence-electron chi connectivity index (χ2n) is 4.59. The van der Waals surface area contributed by atoms with Gasteiger partial charge in [0, 0.05) is 28.1 Å². The minimum Gasteiger partial charge on any atom is -0.506 e. The Kier molecular flexibility index (Phi) is 4.15. The zero-order chi connectivity index (χ0) is 13.2. The van der Waals surface area contributed by atoms with E-state index in [9.17, 15) is 10.2 Å². The standard InChI is InChI=1S/C12H15BrN2O2/c1-12(2,6-16)11(15)9-8(13)4-3-7(5-14)10(9)17/h3-4,11,16-17H,6,15H2,1-2H3/t11-/m1/s1. The van der Waals surface area contributed by atoms with Crippen molar-refractivity contribution in [2.75, 3.05) is 6.61 Å². The first-order valence-electron chi connectivity index (χ1n) is 5.13. The van der Waals surface area contributed by atoms with Crippen molar-refractivity contribution in [1.29, 1.82) is 5.26 Å². The van der Waals surface area contributed by atoms with E-state index in [1.54, 1.807) is 19.9 Å². The largest absolute Gasteiger partial charge is 0.506 e. The first kappa shape index (κ1) is 14.0. The summed E-state index contributed by atoms with van der Waals surface area (Å²) in [6, 6.07) is 4.51. The van der Waals surface area contributed by atoms with Crippen LogP contribution in [0.5, 0.6) is 5.75 Å². The van der Waals surface area contributed by atoms with E-state index in [-0.39, 0.29) is 17.9 Å². The van der Waals surface area contributed by atoms with Gasteiger partial charge in [-0.25, -0.2) is 0 Å². The van der Waals surface area contributed by atoms with Crippen LogP contribution in [-0.4, -0.2) is 16.8 Å². The fourth-order valence-electron chi connectivity index (χ4n) is 1.46. The van der Waals surface area contributed by atoms with Gasteiger partial charge >= 0.3 is 0 Å². The molecule has 0 amide bonds. The first-order valence-corrected chi connectivity index (χ1v) is 5.92. The van der Waals surface area contributed by atoms with Crippen LogP contribution in [0.4, 0.5) is 0 Å². The molecule has 0 radical (unpaired) electrons. The summed E-state index contributed by atoms with van der Waals surface area (Å²) in [5.74, 6) is -0.129. The molecule has 5 heteroatoms. The molecule has 0 aromatic heterocycles. The Morgan fingerprint density at radius 2 is 2.12 bits per heavy atom. The predicted molar refractivity (Wildman–Crippen MR) is 68.3 cm³/mol. The number of nitrogens with zero attached hydrogens (tertiary/aromatic N) is 1. The molecule has 4 N–H and O–H groups in total. The van der Waals surface area contributed by atoms with Crippen LogP contribution in [0.3, 0.4) is 0 Å². The smallest absolute Gasteiger partial charge is 0.139 e. The van der Waals surface area contributed by atoms with E-state index >= 15 is 0 Å². The van der Waals surface area contributed by atoms with Crippen LogP contribution < -0.4 is 5.73 Å². The first-order chi connectivity index (χ1) is 7.85. The molecule has 0 unspecified atom stereocenters. The molecule has 0 aliphatic heterocycles. The van der Waals surface area contributed by atoms with Crippen LogP contribution in [0.15, 0.2) is 16.6 Å². The highest BCUT2D eigenvalue weighted by molar-refractivity contribution is 9.10. The summed E-state index contributed by atoms with van der Waals surface area (Å²) in [4.78, 5) is 0. The number of hydrogen-bond acceptors (Lipinski definition) is 4. The quantitative estimate of drug-likeness (QED) is 0.796. The number of halogens is 1. The highest BCUT2D eigenvalue weighted by Gasteiger charge is 2.31. The van der Waals surface area contributed by atoms with E-state index < -0.39 is 11.5 Å². The van der Waals surface area contributed by atoms with Gasteiger partial charge < -0.3 is 15.9 Å². The zero-order valence-electron chi connectivity index (χ0n) is 9.74. The van der Waals surface area contributed by atoms with E-state index in [1.165, 1.54) is 6.07 Å². The molecule has 1 aromatic rings. The van der Waals surface area contributed by atoms with Gasteiger partial charge in [0.25, 0.3) is 0 Å². The summed E-state index contributed by atoms with van der Waals surface area (Å²) < 4.78 is 0.628. The molecule has 0 saturated carbocycles. The number of phenolic OH excluding ortho intramolecular Hbond substituents is 1. The van der Waals surface area contributed by atoms with Gasteiger partial charge in [-0.05, 0) is 12.1 Å². The number of aliphatic hydroxyl groups excluding tert-OH is 1. The minimum atomic E-state index is -0.589. The molecule has 17 heavy (non-hydrogen) atoms. The molecule has 0 fully saturated rings. The molecule has 1 atom stereocenters. The minimum absolute atomic E-state index is 0.114. The topological polar surface area (TPSA) is 90.3 Å². The number of aromatic hydroxyl groups is 1. The van der Waals surface area contributed by atoms with Crippen molar-refractivity contribution >= 4 is 15.9 Å². The molecular weight excluding hydrogens is 284 g/mol. The Morgan fingerprint density at radius 1 is 1.53 bits per heavy atom. The van der Waals surface area contributed by atoms with E-state index in [4.69, 9.17) is 11.0 Å². The van der Waals surface area contributed by atoms with Crippen LogP contribution in [0.25, 0.3) is 0 Å². The SMILES string of the molecule is CC(C)(CO)[C@H](N)c1c(Br)ccc(C#N)c1O. The van der Waals surface area contributed by atoms with E-state index in [0.29, 0.717) is 10.0 Å². The average Bonchev–Trinajstić information content (AvgIpc) is 2.29. The number of nitriles is 1. The molecule has 1 aromatic carbocycles. The highest BCUT2D eigenvalue weighted by Crippen LogP contribution is 2.40. The fourth-order valence-corrected chi connectivity index (χ4v) is 2.03. The number of rotatable bonds is 3. The summed E-state index contributed by atoms with van der Waals surface area (Å²) in [6.45, 7) is 3.47. The summed E-state index contributed by atoms with van der Waals surface area (Å²) in [5.41, 5.74) is 6.08. The lowest BCUT2D eigenvalue weighted by molar-refractivity contribution is 0.131. The lowest BCUT2D eigenvalue weighted by Gasteiger charge is -2.31. The predicted octanol–water partition coefficient (Wildman–Crippen LogP) is 2.04. The molecule has 0 heterocycles. The van der Waals surface area contributed by atoms with Crippen molar-refractivity contribution < 1.29 is 10.2 Å². The third-order valence-electron chi connectivity index (χ3n) is 2.84. The van der Waals surface area contributed by atoms with Crippen LogP contribution in [-0.2, 0) is 0 Å². The average molecular weight is 299 g/mol. The Hall–Kier alpha value is -1.09. The third-order valence-corrected chi connectivity index (χ3v) is 3.54. The fraction of sp³-hybridized carbons (Fsp3) is 0.417. The second kappa shape index (κ2) is 5.05. The molecule has 4 nitrogen and oxygen atoms in total. The van der Waals surface area contributed by atoms with Gasteiger partial charge in [-0.1, -0.05) is 29.8 Å². The normalized spacial score (nSPS) is 13.2. The van der Waals surface area contributed by atoms with Gasteiger partial charge in [-0.3, -0.25) is 0 Å². The molecule has 0 aliphatic rings. The Bertz CT molecular complexity index is 466. The number of nitrogens with two attached hydrogens (primary N) is 1. The van der Waals surface area contributed by atoms with Crippen LogP contribution in [0.2, 0.25) is 0 Å². The maximum absolute atomic E-state index is 9.98. The van der Waals surface area contributed by atoms with Gasteiger partial charge in [0.2, 0.25) is 0 Å². The third kappa shape index (κ3) is 2.60. The van der Waals surface area contributed by atoms with Crippen molar-refractivity contribution in [2.45, 2.75) is 19.9 Å². The molecular formula is C12H15BrN2O2. The van der Waals surface area contributed by atoms with E-state index in [2.05, 4.69) is 15.9 Å². The zero-order valence-corrected chi connectivity index (χ0v) is 11.3. The number of hydrogen-bond donors (Lipinski definition) is 3. The highest BCUT2D eigenvalue weighted by atomic mass is 79.9. The van der Waals surface area contributed by atoms with Gasteiger partial charge in [-0.15, -0.1) is 0 Å². The molecule has 0 bridgehead atoms. The summed E-state index contributed by atoms with van der Waals surface area (Å²) in [6.07, 6.45) is 0. The molecule has 0 spiro atoms. The Morgan fingerprint density at radius 3 is 2.59 bits per heavy atom. The summed E-state index contributed by atoms with van der Waals surface area (Å²) >= 11 is 3.30. The number of aliphatic hydroxyl groups is 1. The Labute approximate surface area is 109 Å². The lowest BCUT2D eigenvalue weighted by Crippen LogP contribution is -2.32. The van der Waals surface area contributed by atoms with Crippen molar-refractivity contribution in [1.82, 2.24) is 0 Å². The lowest BCUT2D eigenvalue weighted by atomic mass is 9.81. The van der Waals surface area contributed by atoms with Crippen molar-refractivity contribution in [3.05, 3.63) is 27.7 Å². The van der Waals surface area contributed by atoms with Crippen LogP contribution >= 0.6 is 15.9 Å². The Balaban J connectivity index is 3.37. The van der Waals surface area contributed by atoms with E-state index in [0.717, 1.165) is 0 Å². The maximum Gasteiger partial charge on any atom is 0.139 e. The van der Waals surface area contributed by atoms with Gasteiger partial charge in [-0.2, -0.15) is 5.26 Å². The summed E-state index contributed by atoms with van der Waals surface area (Å²) in [7, 11) is 0.